The van der Waals surface area contributed by atoms with Gasteiger partial charge in [-0.15, -0.1) is 0 Å². The Morgan fingerprint density at radius 2 is 2.00 bits per heavy atom. The molecule has 0 unspecified atom stereocenters. The van der Waals surface area contributed by atoms with E-state index in [1.165, 1.54) is 12.7 Å². The molecule has 1 N–H and O–H groups in total. The molecule has 0 aliphatic rings. The molecule has 0 fully saturated rings. The standard InChI is InChI=1S/C18H20INO3S/c1-4-13-5-8-17(12(2)9-13)23-11-14-6-7-15(19)10-16(14)20(21)18(24)22-3/h5-10,21H,4,11H2,1-3H3. The number of thiocarbonyl (C=S) groups is 1. The average Bonchev–Trinajstić information content (AvgIpc) is 2.59. The zero-order chi connectivity index (χ0) is 17.7. The van der Waals surface area contributed by atoms with E-state index in [1.807, 2.05) is 31.2 Å². The van der Waals surface area contributed by atoms with Crippen molar-refractivity contribution in [2.45, 2.75) is 26.9 Å². The summed E-state index contributed by atoms with van der Waals surface area (Å²) in [5, 5.41) is 11.1. The van der Waals surface area contributed by atoms with Crippen molar-refractivity contribution < 1.29 is 14.7 Å². The molecule has 0 radical (unpaired) electrons. The molecule has 0 saturated heterocycles. The van der Waals surface area contributed by atoms with Crippen LogP contribution in [-0.2, 0) is 17.8 Å². The molecule has 0 aliphatic heterocycles. The van der Waals surface area contributed by atoms with Crippen LogP contribution in [0.3, 0.4) is 0 Å². The van der Waals surface area contributed by atoms with Crippen molar-refractivity contribution in [3.8, 4) is 5.75 Å². The quantitative estimate of drug-likeness (QED) is 0.394. The number of hydrogen-bond acceptors (Lipinski definition) is 4. The van der Waals surface area contributed by atoms with E-state index >= 15 is 0 Å². The second-order valence-electron chi connectivity index (χ2n) is 5.30. The van der Waals surface area contributed by atoms with E-state index in [2.05, 4.69) is 41.6 Å². The highest BCUT2D eigenvalue weighted by molar-refractivity contribution is 14.1. The van der Waals surface area contributed by atoms with Crippen LogP contribution in [0.2, 0.25) is 0 Å². The Labute approximate surface area is 161 Å². The topological polar surface area (TPSA) is 41.9 Å². The maximum Gasteiger partial charge on any atom is 0.288 e. The highest BCUT2D eigenvalue weighted by Gasteiger charge is 2.15. The Hall–Kier alpha value is -1.38. The molecule has 4 nitrogen and oxygen atoms in total. The van der Waals surface area contributed by atoms with Crippen molar-refractivity contribution in [2.75, 3.05) is 12.2 Å². The number of hydroxylamine groups is 1. The highest BCUT2D eigenvalue weighted by atomic mass is 127. The first kappa shape index (κ1) is 19.0. The molecule has 0 aromatic heterocycles. The Balaban J connectivity index is 2.22. The van der Waals surface area contributed by atoms with E-state index in [4.69, 9.17) is 21.7 Å². The number of anilines is 1. The van der Waals surface area contributed by atoms with Crippen LogP contribution in [0, 0.1) is 10.5 Å². The number of aryl methyl sites for hydroxylation is 2. The number of methoxy groups -OCH3 is 1. The van der Waals surface area contributed by atoms with Gasteiger partial charge in [-0.05, 0) is 77.5 Å². The van der Waals surface area contributed by atoms with Gasteiger partial charge in [0.2, 0.25) is 0 Å². The van der Waals surface area contributed by atoms with Gasteiger partial charge >= 0.3 is 0 Å². The molecule has 2 aromatic rings. The van der Waals surface area contributed by atoms with Gasteiger partial charge < -0.3 is 9.47 Å². The minimum atomic E-state index is -0.0123. The molecule has 24 heavy (non-hydrogen) atoms. The summed E-state index contributed by atoms with van der Waals surface area (Å²) >= 11 is 7.18. The third-order valence-corrected chi connectivity index (χ3v) is 4.66. The third-order valence-electron chi connectivity index (χ3n) is 3.65. The summed E-state index contributed by atoms with van der Waals surface area (Å²) < 4.78 is 11.9. The summed E-state index contributed by atoms with van der Waals surface area (Å²) in [6.45, 7) is 4.48. The van der Waals surface area contributed by atoms with Gasteiger partial charge in [0.1, 0.15) is 12.4 Å². The smallest absolute Gasteiger partial charge is 0.288 e. The lowest BCUT2D eigenvalue weighted by atomic mass is 10.1. The molecule has 0 heterocycles. The molecule has 2 aromatic carbocycles. The second kappa shape index (κ2) is 8.64. The van der Waals surface area contributed by atoms with Gasteiger partial charge in [0.05, 0.1) is 12.8 Å². The first-order chi connectivity index (χ1) is 11.5. The Morgan fingerprint density at radius 1 is 1.25 bits per heavy atom. The maximum atomic E-state index is 10.2. The van der Waals surface area contributed by atoms with Crippen LogP contribution >= 0.6 is 34.8 Å². The molecule has 128 valence electrons. The predicted octanol–water partition coefficient (Wildman–Crippen LogP) is 4.87. The van der Waals surface area contributed by atoms with E-state index in [9.17, 15) is 5.21 Å². The third kappa shape index (κ3) is 4.58. The Bertz CT molecular complexity index is 736. The monoisotopic (exact) mass is 457 g/mol. The van der Waals surface area contributed by atoms with Crippen LogP contribution in [0.4, 0.5) is 5.69 Å². The zero-order valence-electron chi connectivity index (χ0n) is 13.9. The predicted molar refractivity (Wildman–Crippen MR) is 108 cm³/mol. The lowest BCUT2D eigenvalue weighted by Gasteiger charge is -2.20. The van der Waals surface area contributed by atoms with E-state index in [1.54, 1.807) is 0 Å². The fourth-order valence-electron chi connectivity index (χ4n) is 2.29. The van der Waals surface area contributed by atoms with Crippen molar-refractivity contribution in [1.82, 2.24) is 0 Å². The van der Waals surface area contributed by atoms with E-state index < -0.39 is 0 Å². The lowest BCUT2D eigenvalue weighted by Crippen LogP contribution is -2.27. The molecule has 2 rings (SSSR count). The summed E-state index contributed by atoms with van der Waals surface area (Å²) in [6, 6.07) is 11.9. The van der Waals surface area contributed by atoms with Crippen LogP contribution in [0.15, 0.2) is 36.4 Å². The Kier molecular flexibility index (Phi) is 6.82. The molecule has 0 amide bonds. The minimum Gasteiger partial charge on any atom is -0.489 e. The molecule has 0 aliphatic carbocycles. The van der Waals surface area contributed by atoms with Crippen LogP contribution in [0.1, 0.15) is 23.6 Å². The van der Waals surface area contributed by atoms with Crippen molar-refractivity contribution in [3.63, 3.8) is 0 Å². The molecule has 0 saturated carbocycles. The van der Waals surface area contributed by atoms with Crippen LogP contribution < -0.4 is 9.80 Å². The normalized spacial score (nSPS) is 10.4. The number of nitrogens with zero attached hydrogens (tertiary/aromatic N) is 1. The number of rotatable bonds is 5. The number of ether oxygens (including phenoxy) is 2. The first-order valence-electron chi connectivity index (χ1n) is 7.54. The van der Waals surface area contributed by atoms with Crippen LogP contribution in [0.5, 0.6) is 5.75 Å². The Morgan fingerprint density at radius 3 is 2.62 bits per heavy atom. The zero-order valence-corrected chi connectivity index (χ0v) is 16.8. The van der Waals surface area contributed by atoms with Crippen LogP contribution in [-0.4, -0.2) is 17.5 Å². The van der Waals surface area contributed by atoms with Gasteiger partial charge in [0.25, 0.3) is 5.17 Å². The van der Waals surface area contributed by atoms with Gasteiger partial charge in [-0.1, -0.05) is 25.1 Å². The van der Waals surface area contributed by atoms with Gasteiger partial charge in [-0.2, -0.15) is 5.06 Å². The lowest BCUT2D eigenvalue weighted by molar-refractivity contribution is 0.264. The molecule has 0 bridgehead atoms. The molecule has 6 heteroatoms. The number of halogens is 1. The summed E-state index contributed by atoms with van der Waals surface area (Å²) in [6.07, 6.45) is 0.996. The fourth-order valence-corrected chi connectivity index (χ4v) is 2.86. The van der Waals surface area contributed by atoms with Gasteiger partial charge in [-0.25, -0.2) is 0 Å². The van der Waals surface area contributed by atoms with E-state index in [-0.39, 0.29) is 5.17 Å². The number of hydrogen-bond donors (Lipinski definition) is 1. The van der Waals surface area contributed by atoms with Gasteiger partial charge in [-0.3, -0.25) is 5.21 Å². The maximum absolute atomic E-state index is 10.2. The van der Waals surface area contributed by atoms with Crippen LogP contribution in [0.25, 0.3) is 0 Å². The SMILES string of the molecule is CCc1ccc(OCc2ccc(I)cc2N(O)C(=S)OC)c(C)c1. The average molecular weight is 457 g/mol. The van der Waals surface area contributed by atoms with Crippen molar-refractivity contribution in [1.29, 1.82) is 0 Å². The van der Waals surface area contributed by atoms with Gasteiger partial charge in [0, 0.05) is 9.13 Å². The summed E-state index contributed by atoms with van der Waals surface area (Å²) in [7, 11) is 1.42. The second-order valence-corrected chi connectivity index (χ2v) is 6.89. The van der Waals surface area contributed by atoms with E-state index in [0.717, 1.165) is 31.9 Å². The highest BCUT2D eigenvalue weighted by Crippen LogP contribution is 2.26. The molecular weight excluding hydrogens is 437 g/mol. The first-order valence-corrected chi connectivity index (χ1v) is 9.02. The number of benzene rings is 2. The molecule has 0 atom stereocenters. The summed E-state index contributed by atoms with van der Waals surface area (Å²) in [5.41, 5.74) is 3.74. The van der Waals surface area contributed by atoms with Crippen molar-refractivity contribution >= 4 is 45.7 Å². The molecule has 0 spiro atoms. The van der Waals surface area contributed by atoms with Crippen molar-refractivity contribution in [3.05, 3.63) is 56.7 Å². The minimum absolute atomic E-state index is 0.0123. The molecular formula is C18H20INO3S. The fraction of sp³-hybridized carbons (Fsp3) is 0.278. The summed E-state index contributed by atoms with van der Waals surface area (Å²) in [4.78, 5) is 0. The largest absolute Gasteiger partial charge is 0.489 e. The van der Waals surface area contributed by atoms with E-state index in [0.29, 0.717) is 12.3 Å². The summed E-state index contributed by atoms with van der Waals surface area (Å²) in [5.74, 6) is 0.829. The van der Waals surface area contributed by atoms with Gasteiger partial charge in [0.15, 0.2) is 0 Å². The van der Waals surface area contributed by atoms with Crippen molar-refractivity contribution in [2.24, 2.45) is 0 Å².